The van der Waals surface area contributed by atoms with E-state index in [2.05, 4.69) is 222 Å². The van der Waals surface area contributed by atoms with Crippen LogP contribution in [0.2, 0.25) is 0 Å². The van der Waals surface area contributed by atoms with E-state index in [9.17, 15) is 0 Å². The molecule has 590 valence electrons. The van der Waals surface area contributed by atoms with Gasteiger partial charge in [0.2, 0.25) is 0 Å². The fraction of sp³-hybridized carbons (Fsp3) is 1.00. The second-order valence-electron chi connectivity index (χ2n) is 30.5. The molecule has 9 saturated heterocycles. The number of hydrogen-bond acceptors (Lipinski definition) is 15. The first kappa shape index (κ1) is 103. The maximum Gasteiger partial charge on any atom is 0.0595 e. The van der Waals surface area contributed by atoms with Gasteiger partial charge in [0.05, 0.1) is 6.10 Å². The average Bonchev–Trinajstić information content (AvgIpc) is 2.24. The lowest BCUT2D eigenvalue weighted by Crippen LogP contribution is -2.47. The van der Waals surface area contributed by atoms with Gasteiger partial charge >= 0.3 is 0 Å². The number of nitrogens with one attached hydrogen (secondary N) is 2. The Kier molecular flexibility index (Phi) is 72.6. The molecule has 15 nitrogen and oxygen atoms in total. The smallest absolute Gasteiger partial charge is 0.0595 e. The molecular weight excluding hydrogens is 1200 g/mol. The summed E-state index contributed by atoms with van der Waals surface area (Å²) in [5, 5.41) is 6.66. The molecule has 9 aliphatic heterocycles. The summed E-state index contributed by atoms with van der Waals surface area (Å²) in [5.74, 6) is 0.968. The SMILES string of the molecule is CC.CC.CC.CC.CC(C)N1CCCCC1.CC(C)N1CCCCC1.CC(C)N1CCCN(C)CC1.CC(C)N1CCCN(C)CC1.CC(C)N1CCN(C)CC1.CC(C)N1CCNCC1.CC(C)N1CCNCC1.CC1CCN(C(C)C)CC1.COC1CCN(C(C)C)CC1. The van der Waals surface area contributed by atoms with Crippen molar-refractivity contribution in [1.29, 1.82) is 0 Å². The topological polar surface area (TPSA) is 72.2 Å². The van der Waals surface area contributed by atoms with Crippen LogP contribution in [0.3, 0.4) is 0 Å². The number of nitrogens with zero attached hydrogens (tertiary/aromatic N) is 12. The van der Waals surface area contributed by atoms with Gasteiger partial charge in [-0.15, -0.1) is 0 Å². The van der Waals surface area contributed by atoms with Crippen LogP contribution in [0.15, 0.2) is 0 Å². The second kappa shape index (κ2) is 68.5. The largest absolute Gasteiger partial charge is 0.381 e. The summed E-state index contributed by atoms with van der Waals surface area (Å²) in [7, 11) is 8.43. The fourth-order valence-electron chi connectivity index (χ4n) is 12.9. The molecule has 9 heterocycles. The minimum Gasteiger partial charge on any atom is -0.381 e. The van der Waals surface area contributed by atoms with Crippen molar-refractivity contribution >= 4 is 0 Å². The van der Waals surface area contributed by atoms with Gasteiger partial charge in [0.15, 0.2) is 0 Å². The molecule has 9 aliphatic rings. The highest BCUT2D eigenvalue weighted by molar-refractivity contribution is 4.77. The Hall–Kier alpha value is -0.600. The van der Waals surface area contributed by atoms with Crippen LogP contribution in [0.4, 0.5) is 0 Å². The Morgan fingerprint density at radius 1 is 0.237 bits per heavy atom. The Balaban J connectivity index is -0.000000495. The van der Waals surface area contributed by atoms with Crippen molar-refractivity contribution in [2.75, 3.05) is 212 Å². The standard InChI is InChI=1S/2C9H20N2.C9H19NO.C9H19N.C8H18N2.2C8H17N.2C7H16N2.4C2H6/c2*1-9(2)11-6-4-5-10(3)7-8-11;1-8(2)10-6-4-9(11-3)5-7-10;2*1-8(2)10-6-4-9(3)5-7-10;2*1-8(2)9-6-4-3-5-7-9;2*1-7(2)9-5-3-8-4-6-9;4*1-2/h2*9H,4-8H2,1-3H3;8-9H,4-7H2,1-3H3;8-9H,4-7H2,1-3H3;8H,4-7H2,1-3H3;2*8H,3-7H2,1-2H3;2*7-8H,3-6H2,1-2H3;4*1-2H3. The van der Waals surface area contributed by atoms with Crippen LogP contribution < -0.4 is 10.6 Å². The van der Waals surface area contributed by atoms with E-state index in [0.29, 0.717) is 12.1 Å². The van der Waals surface area contributed by atoms with Gasteiger partial charge in [0, 0.05) is 179 Å². The van der Waals surface area contributed by atoms with Gasteiger partial charge in [-0.1, -0.05) is 75.2 Å². The minimum atomic E-state index is 0.519. The Bertz CT molecular complexity index is 1380. The number of likely N-dealkylation sites (N-methyl/N-ethyl adjacent to an activating group) is 3. The first-order valence-corrected chi connectivity index (χ1v) is 41.9. The van der Waals surface area contributed by atoms with E-state index in [1.807, 2.05) is 62.5 Å². The van der Waals surface area contributed by atoms with Gasteiger partial charge in [-0.2, -0.15) is 0 Å². The van der Waals surface area contributed by atoms with Crippen molar-refractivity contribution in [3.63, 3.8) is 0 Å². The molecule has 9 fully saturated rings. The maximum atomic E-state index is 5.29. The van der Waals surface area contributed by atoms with Crippen molar-refractivity contribution in [2.45, 2.75) is 324 Å². The number of ether oxygens (including phenoxy) is 1. The molecule has 0 saturated carbocycles. The third kappa shape index (κ3) is 56.5. The Morgan fingerprint density at radius 2 is 0.433 bits per heavy atom. The zero-order valence-corrected chi connectivity index (χ0v) is 72.4. The summed E-state index contributed by atoms with van der Waals surface area (Å²) >= 11 is 0. The predicted molar refractivity (Wildman–Crippen MR) is 439 cm³/mol. The van der Waals surface area contributed by atoms with Crippen LogP contribution >= 0.6 is 0 Å². The van der Waals surface area contributed by atoms with E-state index in [1.165, 1.54) is 234 Å². The molecule has 9 rings (SSSR count). The number of methoxy groups -OCH3 is 1. The molecule has 0 amide bonds. The molecule has 15 heteroatoms. The normalized spacial score (nSPS) is 21.8. The van der Waals surface area contributed by atoms with Gasteiger partial charge in [0.1, 0.15) is 0 Å². The zero-order chi connectivity index (χ0) is 74.7. The molecule has 0 aromatic heterocycles. The summed E-state index contributed by atoms with van der Waals surface area (Å²) in [6.07, 6.45) is 16.9. The van der Waals surface area contributed by atoms with Crippen molar-refractivity contribution < 1.29 is 4.74 Å². The predicted octanol–water partition coefficient (Wildman–Crippen LogP) is 14.8. The molecule has 0 aromatic rings. The Morgan fingerprint density at radius 3 is 0.660 bits per heavy atom. The quantitative estimate of drug-likeness (QED) is 0.218. The van der Waals surface area contributed by atoms with Gasteiger partial charge < -0.3 is 49.7 Å². The molecule has 0 aliphatic carbocycles. The van der Waals surface area contributed by atoms with Crippen LogP contribution in [-0.4, -0.2) is 331 Å². The minimum absolute atomic E-state index is 0.519. The van der Waals surface area contributed by atoms with Crippen LogP contribution in [-0.2, 0) is 4.74 Å². The summed E-state index contributed by atoms with van der Waals surface area (Å²) in [5.41, 5.74) is 0. The Labute approximate surface area is 613 Å². The molecular formula is C82H186N14O. The van der Waals surface area contributed by atoms with Crippen LogP contribution in [0.25, 0.3) is 0 Å². The van der Waals surface area contributed by atoms with Crippen molar-refractivity contribution in [1.82, 2.24) is 69.4 Å². The lowest BCUT2D eigenvalue weighted by Gasteiger charge is -2.34. The lowest BCUT2D eigenvalue weighted by atomic mass is 9.98. The van der Waals surface area contributed by atoms with Gasteiger partial charge in [0.25, 0.3) is 0 Å². The highest BCUT2D eigenvalue weighted by Crippen LogP contribution is 2.18. The third-order valence-corrected chi connectivity index (χ3v) is 20.3. The van der Waals surface area contributed by atoms with E-state index in [1.54, 1.807) is 0 Å². The van der Waals surface area contributed by atoms with E-state index in [4.69, 9.17) is 4.74 Å². The molecule has 0 radical (unpaired) electrons. The highest BCUT2D eigenvalue weighted by Gasteiger charge is 2.22. The summed E-state index contributed by atoms with van der Waals surface area (Å²) in [6.45, 7) is 94.2. The highest BCUT2D eigenvalue weighted by atomic mass is 16.5. The van der Waals surface area contributed by atoms with E-state index in [-0.39, 0.29) is 0 Å². The molecule has 0 bridgehead atoms. The molecule has 97 heavy (non-hydrogen) atoms. The number of hydrogen-bond donors (Lipinski definition) is 2. The van der Waals surface area contributed by atoms with E-state index >= 15 is 0 Å². The second-order valence-corrected chi connectivity index (χ2v) is 30.5. The third-order valence-electron chi connectivity index (χ3n) is 20.3. The van der Waals surface area contributed by atoms with Crippen LogP contribution in [0.1, 0.15) is 264 Å². The van der Waals surface area contributed by atoms with Crippen molar-refractivity contribution in [3.05, 3.63) is 0 Å². The van der Waals surface area contributed by atoms with E-state index in [0.717, 1.165) is 80.4 Å². The molecule has 0 spiro atoms. The number of piperazine rings is 3. The van der Waals surface area contributed by atoms with Crippen molar-refractivity contribution in [3.8, 4) is 0 Å². The van der Waals surface area contributed by atoms with Gasteiger partial charge in [-0.05, 0) is 281 Å². The number of piperidine rings is 4. The van der Waals surface area contributed by atoms with E-state index < -0.39 is 0 Å². The first-order chi connectivity index (χ1) is 46.2. The van der Waals surface area contributed by atoms with Gasteiger partial charge in [-0.25, -0.2) is 0 Å². The molecule has 2 N–H and O–H groups in total. The fourth-order valence-corrected chi connectivity index (χ4v) is 12.9. The van der Waals surface area contributed by atoms with Crippen LogP contribution in [0, 0.1) is 5.92 Å². The molecule has 0 atom stereocenters. The summed E-state index contributed by atoms with van der Waals surface area (Å²) in [4.78, 5) is 30.1. The molecule has 0 unspecified atom stereocenters. The number of likely N-dealkylation sites (tertiary alicyclic amines) is 4. The number of rotatable bonds is 10. The molecule has 0 aromatic carbocycles. The first-order valence-electron chi connectivity index (χ1n) is 41.9. The van der Waals surface area contributed by atoms with Gasteiger partial charge in [-0.3, -0.25) is 24.5 Å². The zero-order valence-electron chi connectivity index (χ0n) is 72.4. The average molecular weight is 1380 g/mol. The van der Waals surface area contributed by atoms with Crippen molar-refractivity contribution in [2.24, 2.45) is 5.92 Å². The lowest BCUT2D eigenvalue weighted by molar-refractivity contribution is 0.0321. The van der Waals surface area contributed by atoms with Crippen LogP contribution in [0.5, 0.6) is 0 Å². The summed E-state index contributed by atoms with van der Waals surface area (Å²) < 4.78 is 5.29. The monoisotopic (exact) mass is 1380 g/mol. The summed E-state index contributed by atoms with van der Waals surface area (Å²) in [6, 6.07) is 6.63. The maximum absolute atomic E-state index is 5.29.